The zero-order valence-electron chi connectivity index (χ0n) is 17.8. The van der Waals surface area contributed by atoms with Gasteiger partial charge in [-0.2, -0.15) is 4.98 Å². The highest BCUT2D eigenvalue weighted by molar-refractivity contribution is 6.16. The minimum Gasteiger partial charge on any atom is -0.493 e. The summed E-state index contributed by atoms with van der Waals surface area (Å²) in [6.45, 7) is 2.50. The van der Waals surface area contributed by atoms with Gasteiger partial charge in [-0.1, -0.05) is 0 Å². The van der Waals surface area contributed by atoms with E-state index in [-0.39, 0.29) is 18.1 Å². The number of benzene rings is 1. The molecule has 3 unspecified atom stereocenters. The fourth-order valence-electron chi connectivity index (χ4n) is 4.46. The molecule has 7 heteroatoms. The number of pyridine rings is 1. The Morgan fingerprint density at radius 3 is 2.53 bits per heavy atom. The average molecular weight is 412 g/mol. The van der Waals surface area contributed by atoms with Crippen molar-refractivity contribution in [2.75, 3.05) is 27.9 Å². The number of hydrogen-bond acceptors (Lipinski definition) is 7. The lowest BCUT2D eigenvalue weighted by molar-refractivity contribution is 0.111. The van der Waals surface area contributed by atoms with Crippen LogP contribution in [-0.2, 0) is 0 Å². The maximum absolute atomic E-state index is 10.3. The van der Waals surface area contributed by atoms with Crippen LogP contribution in [0, 0.1) is 0 Å². The summed E-state index contributed by atoms with van der Waals surface area (Å²) in [5.41, 5.74) is 3.69. The summed E-state index contributed by atoms with van der Waals surface area (Å²) in [6.07, 6.45) is 1.95. The van der Waals surface area contributed by atoms with E-state index in [0.717, 1.165) is 35.2 Å². The second-order valence-electron chi connectivity index (χ2n) is 7.55. The molecule has 0 saturated heterocycles. The van der Waals surface area contributed by atoms with E-state index in [1.54, 1.807) is 21.3 Å². The summed E-state index contributed by atoms with van der Waals surface area (Å²) in [6, 6.07) is 7.84. The second kappa shape index (κ2) is 8.52. The van der Waals surface area contributed by atoms with Gasteiger partial charge in [0.15, 0.2) is 11.5 Å². The molecule has 1 saturated carbocycles. The zero-order chi connectivity index (χ0) is 21.3. The van der Waals surface area contributed by atoms with Crippen molar-refractivity contribution >= 4 is 5.71 Å². The van der Waals surface area contributed by atoms with Crippen LogP contribution in [0.3, 0.4) is 0 Å². The Bertz CT molecular complexity index is 959. The lowest BCUT2D eigenvalue weighted by Crippen LogP contribution is -2.34. The molecule has 2 heterocycles. The van der Waals surface area contributed by atoms with Crippen molar-refractivity contribution in [1.82, 2.24) is 4.98 Å². The van der Waals surface area contributed by atoms with Crippen molar-refractivity contribution in [2.45, 2.75) is 44.2 Å². The molecule has 7 nitrogen and oxygen atoms in total. The van der Waals surface area contributed by atoms with E-state index >= 15 is 0 Å². The van der Waals surface area contributed by atoms with Crippen LogP contribution < -0.4 is 18.9 Å². The maximum atomic E-state index is 10.3. The van der Waals surface area contributed by atoms with Crippen molar-refractivity contribution in [3.8, 4) is 23.3 Å². The number of nitrogens with zero attached hydrogens (tertiary/aromatic N) is 2. The van der Waals surface area contributed by atoms with Gasteiger partial charge in [-0.15, -0.1) is 0 Å². The van der Waals surface area contributed by atoms with Crippen LogP contribution in [0.5, 0.6) is 23.3 Å². The fraction of sp³-hybridized carbons (Fsp3) is 0.478. The number of aromatic nitrogens is 1. The van der Waals surface area contributed by atoms with Crippen LogP contribution in [0.2, 0.25) is 0 Å². The Morgan fingerprint density at radius 1 is 1.00 bits per heavy atom. The highest BCUT2D eigenvalue weighted by Gasteiger charge is 2.38. The molecule has 2 aliphatic rings. The number of ether oxygens (including phenoxy) is 4. The summed E-state index contributed by atoms with van der Waals surface area (Å²) in [7, 11) is 4.80. The third kappa shape index (κ3) is 3.58. The molecule has 160 valence electrons. The van der Waals surface area contributed by atoms with E-state index in [2.05, 4.69) is 4.98 Å². The normalized spacial score (nSPS) is 22.4. The van der Waals surface area contributed by atoms with Crippen LogP contribution in [0.4, 0.5) is 0 Å². The Labute approximate surface area is 176 Å². The van der Waals surface area contributed by atoms with Gasteiger partial charge in [0.05, 0.1) is 51.4 Å². The van der Waals surface area contributed by atoms with Crippen molar-refractivity contribution in [2.24, 2.45) is 4.99 Å². The highest BCUT2D eigenvalue weighted by atomic mass is 16.5. The van der Waals surface area contributed by atoms with Gasteiger partial charge in [-0.05, 0) is 49.9 Å². The fourth-order valence-corrected chi connectivity index (χ4v) is 4.46. The monoisotopic (exact) mass is 412 g/mol. The molecule has 0 spiro atoms. The van der Waals surface area contributed by atoms with Gasteiger partial charge in [0.2, 0.25) is 11.8 Å². The molecule has 30 heavy (non-hydrogen) atoms. The third-order valence-electron chi connectivity index (χ3n) is 5.86. The summed E-state index contributed by atoms with van der Waals surface area (Å²) in [5, 5.41) is 10.3. The van der Waals surface area contributed by atoms with Crippen molar-refractivity contribution in [3.05, 3.63) is 41.0 Å². The van der Waals surface area contributed by atoms with Crippen molar-refractivity contribution < 1.29 is 24.1 Å². The van der Waals surface area contributed by atoms with Crippen LogP contribution in [0.25, 0.3) is 0 Å². The van der Waals surface area contributed by atoms with Crippen LogP contribution >= 0.6 is 0 Å². The van der Waals surface area contributed by atoms with Crippen molar-refractivity contribution in [3.63, 3.8) is 0 Å². The number of aliphatic imine (C=N–C) groups is 1. The molecular weight excluding hydrogens is 384 g/mol. The Morgan fingerprint density at radius 2 is 1.83 bits per heavy atom. The molecule has 3 atom stereocenters. The molecule has 0 bridgehead atoms. The Hall–Kier alpha value is -2.80. The van der Waals surface area contributed by atoms with E-state index < -0.39 is 0 Å². The molecule has 2 aromatic rings. The van der Waals surface area contributed by atoms with E-state index in [1.807, 2.05) is 31.2 Å². The number of methoxy groups -OCH3 is 3. The van der Waals surface area contributed by atoms with E-state index in [0.29, 0.717) is 36.3 Å². The minimum absolute atomic E-state index is 0.0885. The first-order valence-corrected chi connectivity index (χ1v) is 10.3. The zero-order valence-corrected chi connectivity index (χ0v) is 17.8. The smallest absolute Gasteiger partial charge is 0.226 e. The van der Waals surface area contributed by atoms with Crippen molar-refractivity contribution in [1.29, 1.82) is 0 Å². The van der Waals surface area contributed by atoms with Gasteiger partial charge in [0.1, 0.15) is 0 Å². The predicted molar refractivity (Wildman–Crippen MR) is 114 cm³/mol. The molecule has 1 aliphatic heterocycles. The summed E-state index contributed by atoms with van der Waals surface area (Å²) < 4.78 is 22.2. The summed E-state index contributed by atoms with van der Waals surface area (Å²) in [4.78, 5) is 9.56. The number of aliphatic hydroxyl groups is 1. The SMILES string of the molecule is CCOc1cc2c(cc1OC)C(c1ccc(OC)nc1OC)=NC1CCC(O)CC21. The van der Waals surface area contributed by atoms with Crippen LogP contribution in [-0.4, -0.2) is 55.9 Å². The first-order valence-electron chi connectivity index (χ1n) is 10.3. The van der Waals surface area contributed by atoms with E-state index in [1.165, 1.54) is 0 Å². The first-order chi connectivity index (χ1) is 14.6. The van der Waals surface area contributed by atoms with Gasteiger partial charge in [-0.25, -0.2) is 0 Å². The Kier molecular flexibility index (Phi) is 5.81. The predicted octanol–water partition coefficient (Wildman–Crippen LogP) is 3.35. The second-order valence-corrected chi connectivity index (χ2v) is 7.55. The maximum Gasteiger partial charge on any atom is 0.226 e. The number of fused-ring (bicyclic) bond motifs is 3. The molecule has 1 aliphatic carbocycles. The molecule has 1 aromatic carbocycles. The standard InChI is InChI=1S/C23H28N2O5/c1-5-30-20-11-15-16-10-13(26)6-8-18(16)24-22(17(15)12-19(20)27-2)14-7-9-21(28-3)25-23(14)29-4/h7,9,11-13,16,18,26H,5-6,8,10H2,1-4H3. The third-order valence-corrected chi connectivity index (χ3v) is 5.86. The van der Waals surface area contributed by atoms with Crippen LogP contribution in [0.1, 0.15) is 48.8 Å². The first kappa shape index (κ1) is 20.5. The quantitative estimate of drug-likeness (QED) is 0.784. The average Bonchev–Trinajstić information content (AvgIpc) is 2.78. The molecular formula is C23H28N2O5. The number of aliphatic hydroxyl groups excluding tert-OH is 1. The largest absolute Gasteiger partial charge is 0.493 e. The molecule has 1 aromatic heterocycles. The van der Waals surface area contributed by atoms with E-state index in [9.17, 15) is 5.11 Å². The number of hydrogen-bond donors (Lipinski definition) is 1. The molecule has 0 radical (unpaired) electrons. The molecule has 1 N–H and O–H groups in total. The lowest BCUT2D eigenvalue weighted by atomic mass is 9.74. The van der Waals surface area contributed by atoms with Crippen LogP contribution in [0.15, 0.2) is 29.3 Å². The van der Waals surface area contributed by atoms with E-state index in [4.69, 9.17) is 23.9 Å². The minimum atomic E-state index is -0.314. The Balaban J connectivity index is 1.91. The van der Waals surface area contributed by atoms with Gasteiger partial charge >= 0.3 is 0 Å². The van der Waals surface area contributed by atoms with Gasteiger partial charge < -0.3 is 24.1 Å². The van der Waals surface area contributed by atoms with Gasteiger partial charge in [0, 0.05) is 17.5 Å². The lowest BCUT2D eigenvalue weighted by Gasteiger charge is -2.37. The summed E-state index contributed by atoms with van der Waals surface area (Å²) >= 11 is 0. The topological polar surface area (TPSA) is 82.4 Å². The summed E-state index contributed by atoms with van der Waals surface area (Å²) in [5.74, 6) is 2.43. The molecule has 0 amide bonds. The highest BCUT2D eigenvalue weighted by Crippen LogP contribution is 2.45. The molecule has 4 rings (SSSR count). The number of rotatable bonds is 6. The van der Waals surface area contributed by atoms with Gasteiger partial charge in [0.25, 0.3) is 0 Å². The molecule has 1 fully saturated rings. The van der Waals surface area contributed by atoms with Gasteiger partial charge in [-0.3, -0.25) is 4.99 Å².